The fraction of sp³-hybridized carbons (Fsp3) is 0.0769. The average Bonchev–Trinajstić information content (AvgIpc) is 2.46. The second-order valence-corrected chi connectivity index (χ2v) is 5.28. The largest absolute Gasteiger partial charge is 0.494 e. The lowest BCUT2D eigenvalue weighted by atomic mass is 10.2. The molecule has 1 aromatic carbocycles. The molecule has 0 saturated carbocycles. The highest BCUT2D eigenvalue weighted by Gasteiger charge is 2.20. The van der Waals surface area contributed by atoms with Crippen LogP contribution in [0.2, 0.25) is 0 Å². The lowest BCUT2D eigenvalue weighted by molar-refractivity contribution is 0.102. The molecule has 0 unspecified atom stereocenters. The van der Waals surface area contributed by atoms with Gasteiger partial charge in [-0.2, -0.15) is 8.42 Å². The van der Waals surface area contributed by atoms with E-state index in [1.807, 2.05) is 0 Å². The number of pyridine rings is 1. The second-order valence-electron chi connectivity index (χ2n) is 3.96. The summed E-state index contributed by atoms with van der Waals surface area (Å²) in [6.07, 6.45) is 2.72. The van der Waals surface area contributed by atoms with Crippen molar-refractivity contribution in [2.75, 3.05) is 12.4 Å². The van der Waals surface area contributed by atoms with E-state index in [2.05, 4.69) is 10.3 Å². The van der Waals surface area contributed by atoms with E-state index < -0.39 is 21.0 Å². The number of nitrogens with zero attached hydrogens (tertiary/aromatic N) is 1. The number of benzene rings is 1. The van der Waals surface area contributed by atoms with Crippen molar-refractivity contribution in [3.05, 3.63) is 48.3 Å². The Balaban J connectivity index is 2.37. The Hall–Kier alpha value is -2.48. The van der Waals surface area contributed by atoms with Gasteiger partial charge in [-0.3, -0.25) is 9.78 Å². The predicted molar refractivity (Wildman–Crippen MR) is 73.5 cm³/mol. The monoisotopic (exact) mass is 310 g/mol. The van der Waals surface area contributed by atoms with Gasteiger partial charge in [-0.25, -0.2) is 0 Å². The van der Waals surface area contributed by atoms with Gasteiger partial charge in [-0.15, -0.1) is 3.89 Å². The molecule has 2 rings (SSSR count). The molecule has 0 radical (unpaired) electrons. The molecular formula is C13H11FN2O4S. The first-order chi connectivity index (χ1) is 9.93. The van der Waals surface area contributed by atoms with Gasteiger partial charge in [0.05, 0.1) is 24.6 Å². The van der Waals surface area contributed by atoms with Crippen molar-refractivity contribution in [2.45, 2.75) is 4.90 Å². The number of aromatic nitrogens is 1. The first-order valence-corrected chi connectivity index (χ1v) is 7.15. The molecule has 6 nitrogen and oxygen atoms in total. The summed E-state index contributed by atoms with van der Waals surface area (Å²) in [4.78, 5) is 15.3. The summed E-state index contributed by atoms with van der Waals surface area (Å²) >= 11 is 0. The highest BCUT2D eigenvalue weighted by Crippen LogP contribution is 2.24. The quantitative estimate of drug-likeness (QED) is 0.873. The molecule has 0 fully saturated rings. The van der Waals surface area contributed by atoms with Gasteiger partial charge in [0, 0.05) is 6.20 Å². The van der Waals surface area contributed by atoms with Gasteiger partial charge in [0.2, 0.25) is 0 Å². The normalized spacial score (nSPS) is 11.0. The van der Waals surface area contributed by atoms with Crippen molar-refractivity contribution in [1.82, 2.24) is 4.98 Å². The maximum absolute atomic E-state index is 13.2. The second kappa shape index (κ2) is 5.88. The maximum Gasteiger partial charge on any atom is 0.334 e. The molecule has 0 spiro atoms. The first-order valence-electron chi connectivity index (χ1n) is 5.76. The third kappa shape index (κ3) is 3.34. The fourth-order valence-electron chi connectivity index (χ4n) is 1.70. The summed E-state index contributed by atoms with van der Waals surface area (Å²) in [5.74, 6) is -0.416. The van der Waals surface area contributed by atoms with Crippen molar-refractivity contribution in [3.8, 4) is 5.75 Å². The topological polar surface area (TPSA) is 85.4 Å². The number of rotatable bonds is 4. The molecule has 1 aromatic heterocycles. The molecular weight excluding hydrogens is 299 g/mol. The lowest BCUT2D eigenvalue weighted by Gasteiger charge is -2.10. The Bertz CT molecular complexity index is 777. The maximum atomic E-state index is 13.2. The zero-order valence-corrected chi connectivity index (χ0v) is 11.7. The number of carbonyl (C=O) groups excluding carboxylic acids is 1. The Morgan fingerprint density at radius 1 is 1.29 bits per heavy atom. The molecule has 0 aliphatic heterocycles. The van der Waals surface area contributed by atoms with Crippen molar-refractivity contribution in [2.24, 2.45) is 0 Å². The molecule has 0 saturated heterocycles. The van der Waals surface area contributed by atoms with Crippen LogP contribution >= 0.6 is 0 Å². The van der Waals surface area contributed by atoms with Gasteiger partial charge >= 0.3 is 10.2 Å². The number of nitrogens with one attached hydrogen (secondary N) is 1. The minimum absolute atomic E-state index is 0.149. The first kappa shape index (κ1) is 14.9. The van der Waals surface area contributed by atoms with Crippen LogP contribution in [0.5, 0.6) is 5.75 Å². The van der Waals surface area contributed by atoms with Crippen molar-refractivity contribution < 1.29 is 21.8 Å². The van der Waals surface area contributed by atoms with E-state index in [1.54, 1.807) is 0 Å². The van der Waals surface area contributed by atoms with E-state index in [0.717, 1.165) is 6.07 Å². The SMILES string of the molecule is COc1cnccc1C(=O)Nc1ccccc1S(=O)(=O)F. The Morgan fingerprint density at radius 2 is 2.00 bits per heavy atom. The number of methoxy groups -OCH3 is 1. The van der Waals surface area contributed by atoms with Gasteiger partial charge in [0.1, 0.15) is 10.6 Å². The minimum atomic E-state index is -4.94. The minimum Gasteiger partial charge on any atom is -0.494 e. The number of ether oxygens (including phenoxy) is 1. The fourth-order valence-corrected chi connectivity index (χ4v) is 2.33. The molecule has 1 N–H and O–H groups in total. The van der Waals surface area contributed by atoms with E-state index in [1.165, 1.54) is 43.8 Å². The molecule has 8 heteroatoms. The number of carbonyl (C=O) groups is 1. The van der Waals surface area contributed by atoms with Crippen LogP contribution in [-0.4, -0.2) is 26.4 Å². The molecule has 2 aromatic rings. The van der Waals surface area contributed by atoms with E-state index in [-0.39, 0.29) is 17.0 Å². The number of halogens is 1. The summed E-state index contributed by atoms with van der Waals surface area (Å²) in [6.45, 7) is 0. The molecule has 0 bridgehead atoms. The van der Waals surface area contributed by atoms with Crippen LogP contribution in [0.4, 0.5) is 9.57 Å². The third-order valence-electron chi connectivity index (χ3n) is 2.65. The summed E-state index contributed by atoms with van der Waals surface area (Å²) < 4.78 is 40.2. The highest BCUT2D eigenvalue weighted by atomic mass is 32.3. The average molecular weight is 310 g/mol. The number of para-hydroxylation sites is 1. The Kier molecular flexibility index (Phi) is 4.18. The highest BCUT2D eigenvalue weighted by molar-refractivity contribution is 7.86. The van der Waals surface area contributed by atoms with Crippen LogP contribution in [-0.2, 0) is 10.2 Å². The molecule has 0 aliphatic carbocycles. The van der Waals surface area contributed by atoms with Crippen LogP contribution in [0.3, 0.4) is 0 Å². The van der Waals surface area contributed by atoms with Gasteiger partial charge in [0.25, 0.3) is 5.91 Å². The van der Waals surface area contributed by atoms with Gasteiger partial charge in [0.15, 0.2) is 0 Å². The summed E-state index contributed by atoms with van der Waals surface area (Å²) in [5, 5.41) is 2.34. The van der Waals surface area contributed by atoms with Crippen molar-refractivity contribution >= 4 is 21.8 Å². The smallest absolute Gasteiger partial charge is 0.334 e. The lowest BCUT2D eigenvalue weighted by Crippen LogP contribution is -2.15. The van der Waals surface area contributed by atoms with Gasteiger partial charge in [-0.1, -0.05) is 12.1 Å². The number of amides is 1. The van der Waals surface area contributed by atoms with Crippen LogP contribution < -0.4 is 10.1 Å². The predicted octanol–water partition coefficient (Wildman–Crippen LogP) is 2.00. The standard InChI is InChI=1S/C13H11FN2O4S/c1-20-11-8-15-7-6-9(11)13(17)16-10-4-2-3-5-12(10)21(14,18)19/h2-8H,1H3,(H,16,17). The third-order valence-corrected chi connectivity index (χ3v) is 3.53. The van der Waals surface area contributed by atoms with Crippen LogP contribution in [0.1, 0.15) is 10.4 Å². The van der Waals surface area contributed by atoms with E-state index >= 15 is 0 Å². The summed E-state index contributed by atoms with van der Waals surface area (Å²) in [6, 6.07) is 6.59. The molecule has 110 valence electrons. The molecule has 0 atom stereocenters. The Labute approximate surface area is 120 Å². The van der Waals surface area contributed by atoms with Gasteiger partial charge in [-0.05, 0) is 18.2 Å². The van der Waals surface area contributed by atoms with Crippen LogP contribution in [0, 0.1) is 0 Å². The number of anilines is 1. The Morgan fingerprint density at radius 3 is 2.67 bits per heavy atom. The summed E-state index contributed by atoms with van der Waals surface area (Å²) in [5.41, 5.74) is 0.00224. The van der Waals surface area contributed by atoms with E-state index in [0.29, 0.717) is 0 Å². The van der Waals surface area contributed by atoms with E-state index in [9.17, 15) is 17.1 Å². The zero-order chi connectivity index (χ0) is 15.5. The number of hydrogen-bond donors (Lipinski definition) is 1. The van der Waals surface area contributed by atoms with E-state index in [4.69, 9.17) is 4.74 Å². The molecule has 1 heterocycles. The molecule has 21 heavy (non-hydrogen) atoms. The van der Waals surface area contributed by atoms with Gasteiger partial charge < -0.3 is 10.1 Å². The zero-order valence-electron chi connectivity index (χ0n) is 10.9. The molecule has 0 aliphatic rings. The van der Waals surface area contributed by atoms with Crippen LogP contribution in [0.15, 0.2) is 47.6 Å². The number of hydrogen-bond acceptors (Lipinski definition) is 5. The van der Waals surface area contributed by atoms with Crippen LogP contribution in [0.25, 0.3) is 0 Å². The summed E-state index contributed by atoms with van der Waals surface area (Å²) in [7, 11) is -3.57. The van der Waals surface area contributed by atoms with Crippen molar-refractivity contribution in [3.63, 3.8) is 0 Å². The molecule has 1 amide bonds. The van der Waals surface area contributed by atoms with Crippen molar-refractivity contribution in [1.29, 1.82) is 0 Å².